The first-order chi connectivity index (χ1) is 8.35. The molecule has 0 atom stereocenters. The Balaban J connectivity index is 1.91. The minimum Gasteiger partial charge on any atom is -0.303 e. The summed E-state index contributed by atoms with van der Waals surface area (Å²) in [6, 6.07) is 0. The maximum atomic E-state index is 3.82. The van der Waals surface area contributed by atoms with Crippen LogP contribution in [0.3, 0.4) is 0 Å². The molecule has 1 saturated heterocycles. The molecular weight excluding hydrogens is 274 g/mol. The highest BCUT2D eigenvalue weighted by molar-refractivity contribution is 9.09. The van der Waals surface area contributed by atoms with E-state index in [1.807, 2.05) is 0 Å². The fourth-order valence-electron chi connectivity index (χ4n) is 3.58. The number of nitrogens with zero attached hydrogens (tertiary/aromatic N) is 1. The summed E-state index contributed by atoms with van der Waals surface area (Å²) in [4.78, 5) is 2.76. The molecule has 17 heavy (non-hydrogen) atoms. The summed E-state index contributed by atoms with van der Waals surface area (Å²) in [5.41, 5.74) is 0.598. The maximum Gasteiger partial charge on any atom is 0.0100 e. The summed E-state index contributed by atoms with van der Waals surface area (Å²) in [6.45, 7) is 4.07. The second kappa shape index (κ2) is 7.13. The fraction of sp³-hybridized carbons (Fsp3) is 1.00. The maximum absolute atomic E-state index is 3.82. The van der Waals surface area contributed by atoms with E-state index in [1.165, 1.54) is 89.2 Å². The molecule has 0 aromatic rings. The van der Waals surface area contributed by atoms with Crippen LogP contribution in [0.25, 0.3) is 0 Å². The van der Waals surface area contributed by atoms with Crippen LogP contribution in [-0.2, 0) is 0 Å². The van der Waals surface area contributed by atoms with E-state index in [1.54, 1.807) is 0 Å². The van der Waals surface area contributed by atoms with Crippen molar-refractivity contribution in [3.05, 3.63) is 0 Å². The summed E-state index contributed by atoms with van der Waals surface area (Å²) >= 11 is 3.82. The molecule has 0 aromatic heterocycles. The van der Waals surface area contributed by atoms with Crippen LogP contribution in [0, 0.1) is 5.41 Å². The zero-order chi connectivity index (χ0) is 12.0. The van der Waals surface area contributed by atoms with Crippen molar-refractivity contribution < 1.29 is 0 Å². The monoisotopic (exact) mass is 301 g/mol. The van der Waals surface area contributed by atoms with Crippen LogP contribution < -0.4 is 0 Å². The van der Waals surface area contributed by atoms with Gasteiger partial charge in [-0.2, -0.15) is 0 Å². The second-order valence-corrected chi connectivity index (χ2v) is 6.80. The average Bonchev–Trinajstić information content (AvgIpc) is 2.73. The summed E-state index contributed by atoms with van der Waals surface area (Å²) < 4.78 is 0. The van der Waals surface area contributed by atoms with E-state index < -0.39 is 0 Å². The number of halogens is 1. The average molecular weight is 302 g/mol. The van der Waals surface area contributed by atoms with E-state index in [4.69, 9.17) is 0 Å². The van der Waals surface area contributed by atoms with Gasteiger partial charge in [-0.1, -0.05) is 54.5 Å². The minimum absolute atomic E-state index is 0.598. The van der Waals surface area contributed by atoms with Crippen LogP contribution in [0.5, 0.6) is 0 Å². The van der Waals surface area contributed by atoms with Crippen molar-refractivity contribution in [2.24, 2.45) is 5.41 Å². The Hall–Kier alpha value is 0.440. The normalized spacial score (nSPS) is 27.4. The largest absolute Gasteiger partial charge is 0.303 e. The van der Waals surface area contributed by atoms with E-state index in [9.17, 15) is 0 Å². The number of rotatable bonds is 3. The predicted octanol–water partition coefficient (Wildman–Crippen LogP) is 4.60. The van der Waals surface area contributed by atoms with E-state index in [0.717, 1.165) is 0 Å². The molecule has 0 radical (unpaired) electrons. The van der Waals surface area contributed by atoms with Crippen LogP contribution in [-0.4, -0.2) is 29.9 Å². The Bertz CT molecular complexity index is 201. The lowest BCUT2D eigenvalue weighted by atomic mass is 9.82. The molecule has 1 saturated carbocycles. The van der Waals surface area contributed by atoms with Crippen LogP contribution in [0.1, 0.15) is 64.2 Å². The Morgan fingerprint density at radius 1 is 0.765 bits per heavy atom. The number of likely N-dealkylation sites (tertiary alicyclic amines) is 1. The van der Waals surface area contributed by atoms with E-state index in [-0.39, 0.29) is 0 Å². The molecule has 0 bridgehead atoms. The quantitative estimate of drug-likeness (QED) is 0.544. The third-order valence-corrected chi connectivity index (χ3v) is 5.89. The van der Waals surface area contributed by atoms with Gasteiger partial charge in [-0.15, -0.1) is 0 Å². The van der Waals surface area contributed by atoms with Gasteiger partial charge in [0.05, 0.1) is 0 Å². The Kier molecular flexibility index (Phi) is 5.82. The zero-order valence-corrected chi connectivity index (χ0v) is 12.8. The topological polar surface area (TPSA) is 3.24 Å². The highest BCUT2D eigenvalue weighted by Crippen LogP contribution is 2.37. The molecule has 2 heteroatoms. The predicted molar refractivity (Wildman–Crippen MR) is 78.8 cm³/mol. The van der Waals surface area contributed by atoms with Gasteiger partial charge in [-0.25, -0.2) is 0 Å². The smallest absolute Gasteiger partial charge is 0.0100 e. The lowest BCUT2D eigenvalue weighted by molar-refractivity contribution is 0.155. The molecule has 0 amide bonds. The van der Waals surface area contributed by atoms with E-state index in [2.05, 4.69) is 20.8 Å². The molecular formula is C15H28BrN. The highest BCUT2D eigenvalue weighted by atomic mass is 79.9. The molecule has 2 rings (SSSR count). The van der Waals surface area contributed by atoms with Crippen molar-refractivity contribution in [1.82, 2.24) is 4.90 Å². The molecule has 100 valence electrons. The first-order valence-corrected chi connectivity index (χ1v) is 8.75. The Morgan fingerprint density at radius 2 is 1.29 bits per heavy atom. The summed E-state index contributed by atoms with van der Waals surface area (Å²) in [6.07, 6.45) is 14.5. The van der Waals surface area contributed by atoms with E-state index in [0.29, 0.717) is 5.41 Å². The van der Waals surface area contributed by atoms with Crippen LogP contribution in [0.2, 0.25) is 0 Å². The van der Waals surface area contributed by atoms with Gasteiger partial charge in [0.1, 0.15) is 0 Å². The highest BCUT2D eigenvalue weighted by Gasteiger charge is 2.31. The van der Waals surface area contributed by atoms with Crippen LogP contribution >= 0.6 is 15.9 Å². The first kappa shape index (κ1) is 13.9. The lowest BCUT2D eigenvalue weighted by Crippen LogP contribution is -2.39. The lowest BCUT2D eigenvalue weighted by Gasteiger charge is -2.36. The fourth-order valence-corrected chi connectivity index (χ4v) is 4.32. The summed E-state index contributed by atoms with van der Waals surface area (Å²) in [7, 11) is 0. The molecule has 2 aliphatic rings. The van der Waals surface area contributed by atoms with Gasteiger partial charge in [0.2, 0.25) is 0 Å². The van der Waals surface area contributed by atoms with Gasteiger partial charge < -0.3 is 4.90 Å². The van der Waals surface area contributed by atoms with Crippen LogP contribution in [0.15, 0.2) is 0 Å². The van der Waals surface area contributed by atoms with Gasteiger partial charge in [0.25, 0.3) is 0 Å². The molecule has 1 nitrogen and oxygen atoms in total. The van der Waals surface area contributed by atoms with Crippen LogP contribution in [0.4, 0.5) is 0 Å². The molecule has 0 aromatic carbocycles. The molecule has 2 fully saturated rings. The van der Waals surface area contributed by atoms with Crippen molar-refractivity contribution in [3.8, 4) is 0 Å². The van der Waals surface area contributed by atoms with Crippen molar-refractivity contribution >= 4 is 15.9 Å². The Morgan fingerprint density at radius 3 is 1.82 bits per heavy atom. The van der Waals surface area contributed by atoms with Crippen molar-refractivity contribution in [2.45, 2.75) is 64.2 Å². The molecule has 0 unspecified atom stereocenters. The third kappa shape index (κ3) is 4.24. The van der Waals surface area contributed by atoms with Crippen molar-refractivity contribution in [2.75, 3.05) is 25.0 Å². The molecule has 0 spiro atoms. The third-order valence-electron chi connectivity index (χ3n) is 4.71. The standard InChI is InChI=1S/C15H28BrN/c16-13-15(9-5-1-2-6-10-15)14-17-11-7-3-4-8-12-17/h1-14H2. The molecule has 1 aliphatic carbocycles. The minimum atomic E-state index is 0.598. The Labute approximate surface area is 115 Å². The number of alkyl halides is 1. The van der Waals surface area contributed by atoms with Gasteiger partial charge in [-0.05, 0) is 44.2 Å². The SMILES string of the molecule is BrCC1(CN2CCCCCC2)CCCCCC1. The zero-order valence-electron chi connectivity index (χ0n) is 11.2. The van der Waals surface area contributed by atoms with Crippen molar-refractivity contribution in [1.29, 1.82) is 0 Å². The molecule has 1 aliphatic heterocycles. The second-order valence-electron chi connectivity index (χ2n) is 6.24. The van der Waals surface area contributed by atoms with Gasteiger partial charge in [0.15, 0.2) is 0 Å². The summed E-state index contributed by atoms with van der Waals surface area (Å²) in [5.74, 6) is 0. The molecule has 1 heterocycles. The van der Waals surface area contributed by atoms with E-state index >= 15 is 0 Å². The summed E-state index contributed by atoms with van der Waals surface area (Å²) in [5, 5.41) is 1.22. The number of hydrogen-bond acceptors (Lipinski definition) is 1. The van der Waals surface area contributed by atoms with Gasteiger partial charge in [0, 0.05) is 11.9 Å². The molecule has 0 N–H and O–H groups in total. The first-order valence-electron chi connectivity index (χ1n) is 7.63. The van der Waals surface area contributed by atoms with Crippen molar-refractivity contribution in [3.63, 3.8) is 0 Å². The number of hydrogen-bond donors (Lipinski definition) is 0. The van der Waals surface area contributed by atoms with Gasteiger partial charge >= 0.3 is 0 Å². The van der Waals surface area contributed by atoms with Gasteiger partial charge in [-0.3, -0.25) is 0 Å².